The van der Waals surface area contributed by atoms with Gasteiger partial charge in [0.25, 0.3) is 0 Å². The maximum atomic E-state index is 6.03. The monoisotopic (exact) mass is 305 g/mol. The summed E-state index contributed by atoms with van der Waals surface area (Å²) in [6, 6.07) is 5.84. The van der Waals surface area contributed by atoms with E-state index in [1.165, 1.54) is 6.42 Å². The van der Waals surface area contributed by atoms with E-state index in [1.807, 2.05) is 18.2 Å². The average molecular weight is 305 g/mol. The van der Waals surface area contributed by atoms with Gasteiger partial charge in [-0.1, -0.05) is 0 Å². The van der Waals surface area contributed by atoms with E-state index in [9.17, 15) is 0 Å². The van der Waals surface area contributed by atoms with Gasteiger partial charge in [0.2, 0.25) is 0 Å². The molecule has 0 spiro atoms. The molecule has 1 aromatic rings. The van der Waals surface area contributed by atoms with E-state index in [0.29, 0.717) is 29.5 Å². The first kappa shape index (κ1) is 15.0. The maximum absolute atomic E-state index is 6.03. The number of fused-ring (bicyclic) bond motifs is 1. The van der Waals surface area contributed by atoms with Crippen molar-refractivity contribution in [2.24, 2.45) is 16.6 Å². The SMILES string of the molecule is COc1ccc(NC(N)=NC2CC3OCCCC23)cc1OC. The van der Waals surface area contributed by atoms with Gasteiger partial charge in [0.05, 0.1) is 26.4 Å². The topological polar surface area (TPSA) is 78.1 Å². The molecule has 3 atom stereocenters. The molecule has 1 aliphatic carbocycles. The second kappa shape index (κ2) is 6.44. The Hall–Kier alpha value is -1.95. The van der Waals surface area contributed by atoms with Crippen molar-refractivity contribution in [3.8, 4) is 11.5 Å². The van der Waals surface area contributed by atoms with Gasteiger partial charge in [-0.05, 0) is 31.4 Å². The standard InChI is InChI=1S/C16H23N3O3/c1-20-13-6-5-10(8-15(13)21-2)18-16(17)19-12-9-14-11(12)4-3-7-22-14/h5-6,8,11-12,14H,3-4,7,9H2,1-2H3,(H3,17,18,19). The smallest absolute Gasteiger partial charge is 0.193 e. The number of ether oxygens (including phenoxy) is 3. The van der Waals surface area contributed by atoms with Gasteiger partial charge in [-0.15, -0.1) is 0 Å². The number of rotatable bonds is 4. The van der Waals surface area contributed by atoms with Crippen LogP contribution in [0.15, 0.2) is 23.2 Å². The first-order chi connectivity index (χ1) is 10.7. The predicted molar refractivity (Wildman–Crippen MR) is 85.7 cm³/mol. The molecule has 0 amide bonds. The quantitative estimate of drug-likeness (QED) is 0.657. The summed E-state index contributed by atoms with van der Waals surface area (Å²) in [6.45, 7) is 0.886. The van der Waals surface area contributed by atoms with Gasteiger partial charge < -0.3 is 25.3 Å². The molecule has 0 bridgehead atoms. The molecule has 6 heteroatoms. The number of methoxy groups -OCH3 is 2. The zero-order valence-corrected chi connectivity index (χ0v) is 13.0. The van der Waals surface area contributed by atoms with Gasteiger partial charge in [-0.25, -0.2) is 4.99 Å². The van der Waals surface area contributed by atoms with Crippen LogP contribution in [-0.4, -0.2) is 38.9 Å². The van der Waals surface area contributed by atoms with Crippen LogP contribution in [0, 0.1) is 5.92 Å². The molecule has 6 nitrogen and oxygen atoms in total. The molecule has 120 valence electrons. The third kappa shape index (κ3) is 2.97. The zero-order chi connectivity index (χ0) is 15.5. The third-order valence-corrected chi connectivity index (χ3v) is 4.42. The Labute approximate surface area is 130 Å². The van der Waals surface area contributed by atoms with Crippen molar-refractivity contribution in [2.75, 3.05) is 26.1 Å². The minimum absolute atomic E-state index is 0.276. The summed E-state index contributed by atoms with van der Waals surface area (Å²) in [4.78, 5) is 4.59. The Balaban J connectivity index is 1.64. The minimum Gasteiger partial charge on any atom is -0.493 e. The number of nitrogens with zero attached hydrogens (tertiary/aromatic N) is 1. The summed E-state index contributed by atoms with van der Waals surface area (Å²) in [6.07, 6.45) is 3.66. The first-order valence-electron chi connectivity index (χ1n) is 7.65. The summed E-state index contributed by atoms with van der Waals surface area (Å²) in [7, 11) is 3.22. The summed E-state index contributed by atoms with van der Waals surface area (Å²) in [5.41, 5.74) is 6.85. The molecule has 0 aromatic heterocycles. The van der Waals surface area contributed by atoms with Gasteiger partial charge in [0, 0.05) is 24.3 Å². The molecule has 3 unspecified atom stereocenters. The second-order valence-electron chi connectivity index (χ2n) is 5.73. The van der Waals surface area contributed by atoms with E-state index < -0.39 is 0 Å². The van der Waals surface area contributed by atoms with E-state index in [1.54, 1.807) is 14.2 Å². The average Bonchev–Trinajstić information content (AvgIpc) is 2.52. The fourth-order valence-corrected chi connectivity index (χ4v) is 3.18. The molecular formula is C16H23N3O3. The van der Waals surface area contributed by atoms with E-state index in [2.05, 4.69) is 10.3 Å². The van der Waals surface area contributed by atoms with Crippen LogP contribution < -0.4 is 20.5 Å². The number of aliphatic imine (C=N–C) groups is 1. The van der Waals surface area contributed by atoms with Crippen molar-refractivity contribution in [2.45, 2.75) is 31.4 Å². The van der Waals surface area contributed by atoms with E-state index >= 15 is 0 Å². The Bertz CT molecular complexity index is 562. The van der Waals surface area contributed by atoms with E-state index in [4.69, 9.17) is 19.9 Å². The molecule has 3 N–H and O–H groups in total. The highest BCUT2D eigenvalue weighted by molar-refractivity contribution is 5.92. The highest BCUT2D eigenvalue weighted by Gasteiger charge is 2.43. The highest BCUT2D eigenvalue weighted by Crippen LogP contribution is 2.39. The van der Waals surface area contributed by atoms with Crippen LogP contribution in [0.4, 0.5) is 5.69 Å². The normalized spacial score (nSPS) is 27.5. The van der Waals surface area contributed by atoms with Crippen LogP contribution in [0.25, 0.3) is 0 Å². The second-order valence-corrected chi connectivity index (χ2v) is 5.73. The van der Waals surface area contributed by atoms with Gasteiger partial charge in [-0.3, -0.25) is 0 Å². The van der Waals surface area contributed by atoms with Crippen LogP contribution in [0.3, 0.4) is 0 Å². The van der Waals surface area contributed by atoms with Crippen LogP contribution >= 0.6 is 0 Å². The molecule has 2 fully saturated rings. The lowest BCUT2D eigenvalue weighted by atomic mass is 9.73. The summed E-state index contributed by atoms with van der Waals surface area (Å²) in [5, 5.41) is 3.11. The fourth-order valence-electron chi connectivity index (χ4n) is 3.18. The zero-order valence-electron chi connectivity index (χ0n) is 13.0. The Morgan fingerprint density at radius 1 is 1.32 bits per heavy atom. The number of anilines is 1. The van der Waals surface area contributed by atoms with Crippen molar-refractivity contribution in [3.05, 3.63) is 18.2 Å². The van der Waals surface area contributed by atoms with Gasteiger partial charge >= 0.3 is 0 Å². The Morgan fingerprint density at radius 2 is 2.14 bits per heavy atom. The van der Waals surface area contributed by atoms with Crippen LogP contribution in [0.5, 0.6) is 11.5 Å². The van der Waals surface area contributed by atoms with E-state index in [0.717, 1.165) is 25.1 Å². The molecule has 0 radical (unpaired) electrons. The summed E-state index contributed by atoms with van der Waals surface area (Å²) in [5.74, 6) is 2.30. The molecule has 1 saturated heterocycles. The lowest BCUT2D eigenvalue weighted by molar-refractivity contribution is -0.0937. The van der Waals surface area contributed by atoms with Crippen molar-refractivity contribution in [3.63, 3.8) is 0 Å². The number of hydrogen-bond acceptors (Lipinski definition) is 4. The lowest BCUT2D eigenvalue weighted by Gasteiger charge is -2.45. The van der Waals surface area contributed by atoms with Crippen molar-refractivity contribution in [1.29, 1.82) is 0 Å². The molecule has 3 rings (SSSR count). The highest BCUT2D eigenvalue weighted by atomic mass is 16.5. The van der Waals surface area contributed by atoms with Crippen LogP contribution in [0.1, 0.15) is 19.3 Å². The molecule has 1 heterocycles. The van der Waals surface area contributed by atoms with Crippen molar-refractivity contribution in [1.82, 2.24) is 0 Å². The third-order valence-electron chi connectivity index (χ3n) is 4.42. The molecule has 1 aliphatic heterocycles. The number of nitrogens with one attached hydrogen (secondary N) is 1. The lowest BCUT2D eigenvalue weighted by Crippen LogP contribution is -2.49. The first-order valence-corrected chi connectivity index (χ1v) is 7.65. The Kier molecular flexibility index (Phi) is 4.38. The Morgan fingerprint density at radius 3 is 2.86 bits per heavy atom. The molecular weight excluding hydrogens is 282 g/mol. The number of hydrogen-bond donors (Lipinski definition) is 2. The molecule has 22 heavy (non-hydrogen) atoms. The predicted octanol–water partition coefficient (Wildman–Crippen LogP) is 2.00. The minimum atomic E-state index is 0.276. The van der Waals surface area contributed by atoms with Gasteiger partial charge in [0.15, 0.2) is 17.5 Å². The van der Waals surface area contributed by atoms with E-state index in [-0.39, 0.29) is 6.04 Å². The van der Waals surface area contributed by atoms with Crippen molar-refractivity contribution >= 4 is 11.6 Å². The van der Waals surface area contributed by atoms with Crippen LogP contribution in [0.2, 0.25) is 0 Å². The summed E-state index contributed by atoms with van der Waals surface area (Å²) >= 11 is 0. The van der Waals surface area contributed by atoms with Gasteiger partial charge in [0.1, 0.15) is 0 Å². The fraction of sp³-hybridized carbons (Fsp3) is 0.562. The largest absolute Gasteiger partial charge is 0.493 e. The molecule has 1 saturated carbocycles. The molecule has 1 aromatic carbocycles. The van der Waals surface area contributed by atoms with Gasteiger partial charge in [-0.2, -0.15) is 0 Å². The number of guanidine groups is 1. The maximum Gasteiger partial charge on any atom is 0.193 e. The van der Waals surface area contributed by atoms with Crippen LogP contribution in [-0.2, 0) is 4.74 Å². The van der Waals surface area contributed by atoms with Crippen molar-refractivity contribution < 1.29 is 14.2 Å². The number of nitrogens with two attached hydrogens (primary N) is 1. The molecule has 2 aliphatic rings. The summed E-state index contributed by atoms with van der Waals surface area (Å²) < 4.78 is 16.2. The number of benzene rings is 1.